The number of halogens is 2. The molecule has 0 spiro atoms. The molecule has 23 heavy (non-hydrogen) atoms. The Morgan fingerprint density at radius 3 is 2.70 bits per heavy atom. The molecule has 2 aromatic heterocycles. The van der Waals surface area contributed by atoms with Gasteiger partial charge in [-0.05, 0) is 32.0 Å². The quantitative estimate of drug-likeness (QED) is 0.684. The summed E-state index contributed by atoms with van der Waals surface area (Å²) >= 11 is 13.7. The third-order valence-electron chi connectivity index (χ3n) is 3.41. The van der Waals surface area contributed by atoms with E-state index in [1.165, 1.54) is 11.3 Å². The van der Waals surface area contributed by atoms with Gasteiger partial charge in [0.05, 0.1) is 20.3 Å². The van der Waals surface area contributed by atoms with Crippen molar-refractivity contribution in [3.05, 3.63) is 44.9 Å². The summed E-state index contributed by atoms with van der Waals surface area (Å²) in [4.78, 5) is 17.0. The predicted molar refractivity (Wildman–Crippen MR) is 93.3 cm³/mol. The number of carbonyl (C=O) groups excluding carboxylic acids is 1. The first-order chi connectivity index (χ1) is 10.9. The fraction of sp³-hybridized carbons (Fsp3) is 0.267. The van der Waals surface area contributed by atoms with Crippen molar-refractivity contribution in [1.29, 1.82) is 0 Å². The maximum absolute atomic E-state index is 12.3. The number of benzene rings is 1. The topological polar surface area (TPSA) is 52.2 Å². The summed E-state index contributed by atoms with van der Waals surface area (Å²) in [7, 11) is 1.81. The van der Waals surface area contributed by atoms with Gasteiger partial charge in [-0.1, -0.05) is 34.5 Å². The number of aryl methyl sites for hydroxylation is 1. The number of hydrogen-bond acceptors (Lipinski definition) is 3. The molecule has 8 heteroatoms. The second-order valence-electron chi connectivity index (χ2n) is 5.34. The highest BCUT2D eigenvalue weighted by atomic mass is 35.5. The highest BCUT2D eigenvalue weighted by Crippen LogP contribution is 2.31. The van der Waals surface area contributed by atoms with Crippen LogP contribution in [-0.2, 0) is 7.05 Å². The van der Waals surface area contributed by atoms with Crippen molar-refractivity contribution in [3.63, 3.8) is 0 Å². The van der Waals surface area contributed by atoms with Crippen molar-refractivity contribution in [3.8, 4) is 0 Å². The second-order valence-corrected chi connectivity index (χ2v) is 7.14. The molecule has 0 saturated heterocycles. The standard InChI is InChI=1S/C15H14Cl2N4OS/c1-8(2)21-7-6-10(19-21)14(22)18-15-20(3)13-11(23-15)5-4-9(16)12(13)17/h4-8H,1-3H3. The van der Waals surface area contributed by atoms with Gasteiger partial charge in [-0.15, -0.1) is 0 Å². The molecule has 1 amide bonds. The van der Waals surface area contributed by atoms with E-state index in [1.807, 2.05) is 19.9 Å². The van der Waals surface area contributed by atoms with Crippen LogP contribution in [0.15, 0.2) is 29.4 Å². The molecule has 0 unspecified atom stereocenters. The van der Waals surface area contributed by atoms with Crippen LogP contribution in [0.4, 0.5) is 0 Å². The average molecular weight is 369 g/mol. The van der Waals surface area contributed by atoms with Gasteiger partial charge in [0.2, 0.25) is 0 Å². The lowest BCUT2D eigenvalue weighted by Gasteiger charge is -2.02. The van der Waals surface area contributed by atoms with Crippen molar-refractivity contribution in [2.75, 3.05) is 0 Å². The number of thiazole rings is 1. The summed E-state index contributed by atoms with van der Waals surface area (Å²) in [5, 5.41) is 5.18. The van der Waals surface area contributed by atoms with Crippen LogP contribution >= 0.6 is 34.5 Å². The predicted octanol–water partition coefficient (Wildman–Crippen LogP) is 4.07. The summed E-state index contributed by atoms with van der Waals surface area (Å²) in [5.74, 6) is -0.381. The van der Waals surface area contributed by atoms with Gasteiger partial charge in [0.15, 0.2) is 10.5 Å². The molecule has 1 aromatic carbocycles. The lowest BCUT2D eigenvalue weighted by Crippen LogP contribution is -2.14. The van der Waals surface area contributed by atoms with Crippen molar-refractivity contribution in [1.82, 2.24) is 14.3 Å². The number of amides is 1. The van der Waals surface area contributed by atoms with Gasteiger partial charge in [-0.3, -0.25) is 9.48 Å². The number of carbonyl (C=O) groups is 1. The lowest BCUT2D eigenvalue weighted by molar-refractivity contribution is 0.0992. The molecule has 0 atom stereocenters. The Kier molecular flexibility index (Phi) is 4.31. The Labute approximate surface area is 146 Å². The van der Waals surface area contributed by atoms with Crippen molar-refractivity contribution in [2.45, 2.75) is 19.9 Å². The van der Waals surface area contributed by atoms with Crippen LogP contribution in [0, 0.1) is 0 Å². The van der Waals surface area contributed by atoms with Gasteiger partial charge in [0.25, 0.3) is 5.91 Å². The highest BCUT2D eigenvalue weighted by Gasteiger charge is 2.13. The first kappa shape index (κ1) is 16.2. The van der Waals surface area contributed by atoms with E-state index in [-0.39, 0.29) is 11.9 Å². The van der Waals surface area contributed by atoms with Gasteiger partial charge < -0.3 is 4.57 Å². The van der Waals surface area contributed by atoms with Crippen molar-refractivity contribution in [2.24, 2.45) is 12.0 Å². The van der Waals surface area contributed by atoms with E-state index in [0.717, 1.165) is 10.2 Å². The number of fused-ring (bicyclic) bond motifs is 1. The minimum absolute atomic E-state index is 0.193. The van der Waals surface area contributed by atoms with Gasteiger partial charge in [-0.25, -0.2) is 0 Å². The van der Waals surface area contributed by atoms with E-state index in [4.69, 9.17) is 23.2 Å². The molecule has 0 aliphatic rings. The fourth-order valence-corrected chi connectivity index (χ4v) is 3.69. The van der Waals surface area contributed by atoms with E-state index in [9.17, 15) is 4.79 Å². The second kappa shape index (κ2) is 6.11. The summed E-state index contributed by atoms with van der Waals surface area (Å²) < 4.78 is 4.41. The summed E-state index contributed by atoms with van der Waals surface area (Å²) in [6.07, 6.45) is 1.77. The van der Waals surface area contributed by atoms with Gasteiger partial charge in [-0.2, -0.15) is 10.1 Å². The molecule has 0 radical (unpaired) electrons. The molecule has 2 heterocycles. The molecule has 3 rings (SSSR count). The van der Waals surface area contributed by atoms with Gasteiger partial charge >= 0.3 is 0 Å². The zero-order chi connectivity index (χ0) is 16.7. The van der Waals surface area contributed by atoms with E-state index >= 15 is 0 Å². The summed E-state index contributed by atoms with van der Waals surface area (Å²) in [6.45, 7) is 3.99. The first-order valence-corrected chi connectivity index (χ1v) is 8.53. The molecular formula is C15H14Cl2N4OS. The Hall–Kier alpha value is -1.63. The third-order valence-corrected chi connectivity index (χ3v) is 5.30. The van der Waals surface area contributed by atoms with Gasteiger partial charge in [0, 0.05) is 19.3 Å². The van der Waals surface area contributed by atoms with Crippen LogP contribution in [0.1, 0.15) is 30.4 Å². The average Bonchev–Trinajstić information content (AvgIpc) is 3.10. The minimum Gasteiger partial charge on any atom is -0.318 e. The van der Waals surface area contributed by atoms with E-state index in [1.54, 1.807) is 34.6 Å². The molecule has 0 saturated carbocycles. The number of aromatic nitrogens is 3. The Morgan fingerprint density at radius 1 is 1.30 bits per heavy atom. The molecule has 3 aromatic rings. The molecule has 0 aliphatic heterocycles. The fourth-order valence-electron chi connectivity index (χ4n) is 2.16. The third kappa shape index (κ3) is 2.94. The molecule has 120 valence electrons. The van der Waals surface area contributed by atoms with Crippen LogP contribution in [-0.4, -0.2) is 20.3 Å². The highest BCUT2D eigenvalue weighted by molar-refractivity contribution is 7.16. The van der Waals surface area contributed by atoms with Gasteiger partial charge in [0.1, 0.15) is 0 Å². The molecular weight excluding hydrogens is 355 g/mol. The Balaban J connectivity index is 2.08. The van der Waals surface area contributed by atoms with Crippen molar-refractivity contribution < 1.29 is 4.79 Å². The molecule has 0 aliphatic carbocycles. The Bertz CT molecular complexity index is 968. The largest absolute Gasteiger partial charge is 0.318 e. The zero-order valence-electron chi connectivity index (χ0n) is 12.7. The van der Waals surface area contributed by atoms with E-state index in [2.05, 4.69) is 10.1 Å². The monoisotopic (exact) mass is 368 g/mol. The smallest absolute Gasteiger partial charge is 0.300 e. The number of rotatable bonds is 2. The number of hydrogen-bond donors (Lipinski definition) is 0. The number of nitrogens with zero attached hydrogens (tertiary/aromatic N) is 4. The Morgan fingerprint density at radius 2 is 2.04 bits per heavy atom. The van der Waals surface area contributed by atoms with Crippen LogP contribution in [0.25, 0.3) is 10.2 Å². The van der Waals surface area contributed by atoms with Crippen molar-refractivity contribution >= 4 is 50.7 Å². The van der Waals surface area contributed by atoms with Crippen LogP contribution in [0.2, 0.25) is 10.0 Å². The molecule has 5 nitrogen and oxygen atoms in total. The molecule has 0 N–H and O–H groups in total. The van der Waals surface area contributed by atoms with E-state index in [0.29, 0.717) is 20.5 Å². The maximum atomic E-state index is 12.3. The normalized spacial score (nSPS) is 12.5. The minimum atomic E-state index is -0.381. The van der Waals surface area contributed by atoms with Crippen LogP contribution in [0.3, 0.4) is 0 Å². The summed E-state index contributed by atoms with van der Waals surface area (Å²) in [5.41, 5.74) is 1.09. The SMILES string of the molecule is CC(C)n1ccc(C(=O)N=c2sc3ccc(Cl)c(Cl)c3n2C)n1. The first-order valence-electron chi connectivity index (χ1n) is 6.96. The molecule has 0 fully saturated rings. The van der Waals surface area contributed by atoms with E-state index < -0.39 is 0 Å². The maximum Gasteiger partial charge on any atom is 0.300 e. The summed E-state index contributed by atoms with van der Waals surface area (Å²) in [6, 6.07) is 5.46. The molecule has 0 bridgehead atoms. The van der Waals surface area contributed by atoms with Crippen LogP contribution in [0.5, 0.6) is 0 Å². The zero-order valence-corrected chi connectivity index (χ0v) is 15.1. The lowest BCUT2D eigenvalue weighted by atomic mass is 10.3. The van der Waals surface area contributed by atoms with Crippen LogP contribution < -0.4 is 4.80 Å².